The minimum absolute atomic E-state index is 0.915. The third-order valence-corrected chi connectivity index (χ3v) is 3.50. The molecule has 0 fully saturated rings. The Morgan fingerprint density at radius 1 is 1.20 bits per heavy atom. The maximum absolute atomic E-state index is 3.75. The van der Waals surface area contributed by atoms with E-state index in [2.05, 4.69) is 62.2 Å². The Labute approximate surface area is 129 Å². The van der Waals surface area contributed by atoms with Crippen LogP contribution in [-0.2, 0) is 0 Å². The minimum atomic E-state index is 0.915. The lowest BCUT2D eigenvalue weighted by molar-refractivity contribution is 1.13. The predicted molar refractivity (Wildman–Crippen MR) is 97.6 cm³/mol. The van der Waals surface area contributed by atoms with E-state index >= 15 is 0 Å². The highest BCUT2D eigenvalue weighted by Crippen LogP contribution is 2.32. The third kappa shape index (κ3) is 6.67. The molecule has 0 N–H and O–H groups in total. The summed E-state index contributed by atoms with van der Waals surface area (Å²) >= 11 is 1.78. The lowest BCUT2D eigenvalue weighted by Crippen LogP contribution is -2.10. The number of hydrogen-bond acceptors (Lipinski definition) is 2. The van der Waals surface area contributed by atoms with Crippen LogP contribution in [0.4, 0.5) is 5.69 Å². The fraction of sp³-hybridized carbons (Fsp3) is 0.333. The molecule has 110 valence electrons. The average molecular weight is 289 g/mol. The maximum atomic E-state index is 3.75. The van der Waals surface area contributed by atoms with Gasteiger partial charge >= 0.3 is 0 Å². The smallest absolute Gasteiger partial charge is 0.0445 e. The highest BCUT2D eigenvalue weighted by Gasteiger charge is 2.07. The quantitative estimate of drug-likeness (QED) is 0.648. The largest absolute Gasteiger partial charge is 0.377 e. The number of thioether (sulfide) groups is 1. The number of rotatable bonds is 5. The van der Waals surface area contributed by atoms with Crippen LogP contribution in [0.5, 0.6) is 0 Å². The molecule has 0 unspecified atom stereocenters. The Bertz CT molecular complexity index is 440. The summed E-state index contributed by atoms with van der Waals surface area (Å²) in [7, 11) is 4.15. The van der Waals surface area contributed by atoms with Crippen LogP contribution in [0, 0.1) is 0 Å². The Morgan fingerprint density at radius 2 is 1.80 bits per heavy atom. The number of benzene rings is 1. The second-order valence-corrected chi connectivity index (χ2v) is 5.22. The summed E-state index contributed by atoms with van der Waals surface area (Å²) in [6.45, 7) is 7.75. The topological polar surface area (TPSA) is 3.24 Å². The first kappa shape index (κ1) is 18.6. The van der Waals surface area contributed by atoms with Crippen LogP contribution in [0.25, 0.3) is 4.91 Å². The van der Waals surface area contributed by atoms with Crippen molar-refractivity contribution >= 4 is 22.4 Å². The van der Waals surface area contributed by atoms with Gasteiger partial charge in [-0.2, -0.15) is 0 Å². The van der Waals surface area contributed by atoms with E-state index in [1.165, 1.54) is 16.2 Å². The van der Waals surface area contributed by atoms with Gasteiger partial charge in [-0.1, -0.05) is 42.5 Å². The van der Waals surface area contributed by atoms with Crippen molar-refractivity contribution in [2.45, 2.75) is 20.3 Å². The molecule has 0 atom stereocenters. The monoisotopic (exact) mass is 289 g/mol. The Hall–Kier alpha value is -1.41. The van der Waals surface area contributed by atoms with Crippen LogP contribution >= 0.6 is 11.8 Å². The summed E-state index contributed by atoms with van der Waals surface area (Å²) < 4.78 is 0. The van der Waals surface area contributed by atoms with Crippen LogP contribution in [0.3, 0.4) is 0 Å². The summed E-state index contributed by atoms with van der Waals surface area (Å²) in [5, 5.41) is 0. The summed E-state index contributed by atoms with van der Waals surface area (Å²) in [5.41, 5.74) is 2.55. The molecule has 1 nitrogen and oxygen atoms in total. The predicted octanol–water partition coefficient (Wildman–Crippen LogP) is 5.62. The van der Waals surface area contributed by atoms with E-state index in [-0.39, 0.29) is 0 Å². The molecule has 0 aromatic heterocycles. The van der Waals surface area contributed by atoms with Gasteiger partial charge in [-0.15, -0.1) is 18.3 Å². The van der Waals surface area contributed by atoms with Crippen LogP contribution in [0.1, 0.15) is 25.8 Å². The van der Waals surface area contributed by atoms with Gasteiger partial charge in [0.05, 0.1) is 0 Å². The van der Waals surface area contributed by atoms with Crippen molar-refractivity contribution in [1.29, 1.82) is 0 Å². The molecule has 0 radical (unpaired) electrons. The molecule has 1 aromatic carbocycles. The van der Waals surface area contributed by atoms with Gasteiger partial charge < -0.3 is 4.90 Å². The number of para-hydroxylation sites is 1. The van der Waals surface area contributed by atoms with Gasteiger partial charge in [0.25, 0.3) is 0 Å². The summed E-state index contributed by atoms with van der Waals surface area (Å²) in [4.78, 5) is 3.46. The second kappa shape index (κ2) is 11.4. The number of nitrogens with zero attached hydrogens (tertiary/aromatic N) is 1. The first-order valence-corrected chi connectivity index (χ1v) is 8.03. The highest BCUT2D eigenvalue weighted by molar-refractivity contribution is 8.07. The van der Waals surface area contributed by atoms with Crippen LogP contribution in [-0.4, -0.2) is 20.4 Å². The van der Waals surface area contributed by atoms with E-state index < -0.39 is 0 Å². The molecular weight excluding hydrogens is 262 g/mol. The number of anilines is 1. The lowest BCUT2D eigenvalue weighted by Gasteiger charge is -2.18. The molecule has 2 heteroatoms. The van der Waals surface area contributed by atoms with E-state index in [9.17, 15) is 0 Å². The molecular formula is C18H27NS. The van der Waals surface area contributed by atoms with E-state index in [1.807, 2.05) is 32.1 Å². The molecule has 1 rings (SSSR count). The average Bonchev–Trinajstić information content (AvgIpc) is 2.48. The van der Waals surface area contributed by atoms with Crippen LogP contribution in [0.15, 0.2) is 55.1 Å². The van der Waals surface area contributed by atoms with Crippen LogP contribution in [0.2, 0.25) is 0 Å². The number of hydrogen-bond donors (Lipinski definition) is 0. The Morgan fingerprint density at radius 3 is 2.25 bits per heavy atom. The molecule has 0 aliphatic rings. The molecule has 0 bridgehead atoms. The van der Waals surface area contributed by atoms with E-state index in [0.717, 1.165) is 6.42 Å². The molecule has 0 saturated heterocycles. The van der Waals surface area contributed by atoms with Gasteiger partial charge in [0, 0.05) is 30.3 Å². The fourth-order valence-electron chi connectivity index (χ4n) is 1.57. The van der Waals surface area contributed by atoms with Gasteiger partial charge in [0.2, 0.25) is 0 Å². The molecule has 1 aromatic rings. The summed E-state index contributed by atoms with van der Waals surface area (Å²) in [6.07, 6.45) is 11.2. The van der Waals surface area contributed by atoms with Gasteiger partial charge in [0.15, 0.2) is 0 Å². The van der Waals surface area contributed by atoms with Gasteiger partial charge in [-0.25, -0.2) is 0 Å². The molecule has 20 heavy (non-hydrogen) atoms. The van der Waals surface area contributed by atoms with Crippen molar-refractivity contribution in [2.75, 3.05) is 25.3 Å². The van der Waals surface area contributed by atoms with Crippen molar-refractivity contribution in [2.24, 2.45) is 0 Å². The zero-order chi connectivity index (χ0) is 15.4. The zero-order valence-electron chi connectivity index (χ0n) is 13.4. The summed E-state index contributed by atoms with van der Waals surface area (Å²) in [6, 6.07) is 8.47. The van der Waals surface area contributed by atoms with Crippen LogP contribution < -0.4 is 4.90 Å². The SMILES string of the molecule is C/C=C\C.C=CC/C=C(\SC)c1ccccc1N(C)C. The Balaban J connectivity index is 0.000000796. The normalized spacial score (nSPS) is 10.9. The van der Waals surface area contributed by atoms with E-state index in [0.29, 0.717) is 0 Å². The van der Waals surface area contributed by atoms with Gasteiger partial charge in [0.1, 0.15) is 0 Å². The number of allylic oxidation sites excluding steroid dienone is 4. The molecule has 0 spiro atoms. The van der Waals surface area contributed by atoms with Crippen molar-refractivity contribution in [1.82, 2.24) is 0 Å². The molecule has 0 aliphatic heterocycles. The maximum Gasteiger partial charge on any atom is 0.0445 e. The van der Waals surface area contributed by atoms with Gasteiger partial charge in [-0.05, 0) is 32.6 Å². The molecule has 0 aliphatic carbocycles. The first-order chi connectivity index (χ1) is 9.62. The Kier molecular flexibility index (Phi) is 10.6. The van der Waals surface area contributed by atoms with Crippen molar-refractivity contribution in [3.8, 4) is 0 Å². The minimum Gasteiger partial charge on any atom is -0.377 e. The van der Waals surface area contributed by atoms with E-state index in [4.69, 9.17) is 0 Å². The third-order valence-electron chi connectivity index (χ3n) is 2.67. The molecule has 0 saturated carbocycles. The summed E-state index contributed by atoms with van der Waals surface area (Å²) in [5.74, 6) is 0. The fourth-order valence-corrected chi connectivity index (χ4v) is 2.22. The highest BCUT2D eigenvalue weighted by atomic mass is 32.2. The molecule has 0 heterocycles. The van der Waals surface area contributed by atoms with Gasteiger partial charge in [-0.3, -0.25) is 0 Å². The van der Waals surface area contributed by atoms with Crippen molar-refractivity contribution in [3.05, 3.63) is 60.7 Å². The molecule has 0 amide bonds. The zero-order valence-corrected chi connectivity index (χ0v) is 14.2. The second-order valence-electron chi connectivity index (χ2n) is 4.38. The van der Waals surface area contributed by atoms with Crippen molar-refractivity contribution < 1.29 is 0 Å². The standard InChI is InChI=1S/C14H19NS.C4H8/c1-5-6-11-14(16-4)12-9-7-8-10-13(12)15(2)3;1-3-4-2/h5,7-11H,1,6H2,2-4H3;3-4H,1-2H3/b14-11-;4-3-. The first-order valence-electron chi connectivity index (χ1n) is 6.81. The van der Waals surface area contributed by atoms with Crippen molar-refractivity contribution in [3.63, 3.8) is 0 Å². The lowest BCUT2D eigenvalue weighted by atomic mass is 10.1. The van der Waals surface area contributed by atoms with E-state index in [1.54, 1.807) is 11.8 Å².